The molecule has 0 nitrogen and oxygen atoms in total. The van der Waals surface area contributed by atoms with Crippen LogP contribution in [0.15, 0.2) is 42.5 Å². The third-order valence-corrected chi connectivity index (χ3v) is 8.09. The van der Waals surface area contributed by atoms with Crippen molar-refractivity contribution in [2.24, 2.45) is 0 Å². The second-order valence-electron chi connectivity index (χ2n) is 8.00. The molecule has 0 aromatic heterocycles. The first-order valence-electron chi connectivity index (χ1n) is 9.63. The van der Waals surface area contributed by atoms with Crippen molar-refractivity contribution in [1.82, 2.24) is 0 Å². The Morgan fingerprint density at radius 3 is 1.89 bits per heavy atom. The molecule has 28 heavy (non-hydrogen) atoms. The Morgan fingerprint density at radius 1 is 0.571 bits per heavy atom. The van der Waals surface area contributed by atoms with E-state index >= 15 is 0 Å². The fraction of sp³-hybridized carbons (Fsp3) is 0.231. The lowest BCUT2D eigenvalue weighted by molar-refractivity contribution is 1.15. The molecule has 4 rings (SSSR count). The molecule has 0 unspecified atom stereocenters. The van der Waals surface area contributed by atoms with Gasteiger partial charge in [-0.3, -0.25) is 0 Å². The van der Waals surface area contributed by atoms with Crippen molar-refractivity contribution in [2.45, 2.75) is 41.0 Å². The third kappa shape index (κ3) is 3.47. The van der Waals surface area contributed by atoms with E-state index < -0.39 is 0 Å². The number of hydrogen-bond acceptors (Lipinski definition) is 0. The third-order valence-electron chi connectivity index (χ3n) is 5.93. The van der Waals surface area contributed by atoms with Crippen molar-refractivity contribution in [2.75, 3.05) is 0 Å². The van der Waals surface area contributed by atoms with Crippen molar-refractivity contribution in [1.29, 1.82) is 0 Å². The summed E-state index contributed by atoms with van der Waals surface area (Å²) in [5.74, 6) is 0. The highest BCUT2D eigenvalue weighted by atomic mass is 127. The Kier molecular flexibility index (Phi) is 5.47. The van der Waals surface area contributed by atoms with Crippen LogP contribution in [0, 0.1) is 41.8 Å². The second-order valence-corrected chi connectivity index (χ2v) is 10.3. The maximum atomic E-state index is 2.50. The summed E-state index contributed by atoms with van der Waals surface area (Å²) in [6.45, 7) is 11.2. The first-order chi connectivity index (χ1) is 13.3. The van der Waals surface area contributed by atoms with Crippen molar-refractivity contribution >= 4 is 66.7 Å². The van der Waals surface area contributed by atoms with Crippen LogP contribution in [0.25, 0.3) is 21.5 Å². The van der Waals surface area contributed by atoms with Crippen LogP contribution < -0.4 is 0 Å². The topological polar surface area (TPSA) is 0 Å². The first-order valence-corrected chi connectivity index (χ1v) is 11.8. The van der Waals surface area contributed by atoms with Crippen LogP contribution in [0.5, 0.6) is 0 Å². The van der Waals surface area contributed by atoms with Gasteiger partial charge >= 0.3 is 0 Å². The molecule has 0 fully saturated rings. The summed E-state index contributed by atoms with van der Waals surface area (Å²) in [5, 5.41) is 5.55. The largest absolute Gasteiger partial charge is 0.0584 e. The summed E-state index contributed by atoms with van der Waals surface area (Å²) in [5.41, 5.74) is 9.78. The standard InChI is InChI=1S/C26H24I2/c1-14-6-7-15(2)26-18(5)19(9-17(4)25(14)26)10-22-11-20-8-16(3)23(27)12-21(20)13-24(22)28/h6-9,11-13H,10H2,1-5H3. The highest BCUT2D eigenvalue weighted by molar-refractivity contribution is 14.1. The summed E-state index contributed by atoms with van der Waals surface area (Å²) >= 11 is 4.93. The molecule has 0 radical (unpaired) electrons. The van der Waals surface area contributed by atoms with E-state index in [4.69, 9.17) is 0 Å². The van der Waals surface area contributed by atoms with Crippen LogP contribution in [0.2, 0.25) is 0 Å². The van der Waals surface area contributed by atoms with Gasteiger partial charge in [0.2, 0.25) is 0 Å². The Balaban J connectivity index is 1.89. The summed E-state index contributed by atoms with van der Waals surface area (Å²) in [6.07, 6.45) is 0.981. The zero-order valence-electron chi connectivity index (χ0n) is 17.0. The molecule has 0 N–H and O–H groups in total. The van der Waals surface area contributed by atoms with Crippen LogP contribution in [-0.2, 0) is 6.42 Å². The van der Waals surface area contributed by atoms with Crippen LogP contribution in [-0.4, -0.2) is 0 Å². The molecule has 2 heteroatoms. The zero-order valence-corrected chi connectivity index (χ0v) is 21.3. The van der Waals surface area contributed by atoms with Gasteiger partial charge in [-0.1, -0.05) is 24.3 Å². The van der Waals surface area contributed by atoms with Crippen molar-refractivity contribution in [3.8, 4) is 0 Å². The van der Waals surface area contributed by atoms with E-state index in [0.29, 0.717) is 0 Å². The van der Waals surface area contributed by atoms with Gasteiger partial charge < -0.3 is 0 Å². The summed E-state index contributed by atoms with van der Waals surface area (Å²) < 4.78 is 2.68. The number of rotatable bonds is 2. The van der Waals surface area contributed by atoms with Gasteiger partial charge in [0, 0.05) is 7.14 Å². The second kappa shape index (κ2) is 7.60. The molecule has 4 aromatic carbocycles. The van der Waals surface area contributed by atoms with Crippen molar-refractivity contribution < 1.29 is 0 Å². The minimum absolute atomic E-state index is 0.981. The van der Waals surface area contributed by atoms with Gasteiger partial charge in [0.05, 0.1) is 0 Å². The lowest BCUT2D eigenvalue weighted by atomic mass is 9.88. The SMILES string of the molecule is Cc1cc2cc(Cc3cc(C)c4c(C)ccc(C)c4c3C)c(I)cc2cc1I. The van der Waals surface area contributed by atoms with Gasteiger partial charge in [0.25, 0.3) is 0 Å². The molecule has 0 saturated carbocycles. The van der Waals surface area contributed by atoms with Crippen molar-refractivity contribution in [3.05, 3.63) is 88.5 Å². The maximum absolute atomic E-state index is 2.50. The minimum Gasteiger partial charge on any atom is -0.0584 e. The van der Waals surface area contributed by atoms with Gasteiger partial charge in [0.15, 0.2) is 0 Å². The van der Waals surface area contributed by atoms with Crippen molar-refractivity contribution in [3.63, 3.8) is 0 Å². The summed E-state index contributed by atoms with van der Waals surface area (Å²) in [4.78, 5) is 0. The smallest absolute Gasteiger partial charge is 0.0172 e. The molecule has 0 atom stereocenters. The van der Waals surface area contributed by atoms with E-state index in [0.717, 1.165) is 6.42 Å². The fourth-order valence-electron chi connectivity index (χ4n) is 4.38. The van der Waals surface area contributed by atoms with E-state index in [-0.39, 0.29) is 0 Å². The molecule has 142 valence electrons. The molecule has 0 saturated heterocycles. The lowest BCUT2D eigenvalue weighted by Crippen LogP contribution is -1.99. The molecular formula is C26H24I2. The maximum Gasteiger partial charge on any atom is 0.0172 e. The van der Waals surface area contributed by atoms with E-state index in [1.54, 1.807) is 0 Å². The highest BCUT2D eigenvalue weighted by Gasteiger charge is 2.13. The zero-order chi connectivity index (χ0) is 20.2. The van der Waals surface area contributed by atoms with Gasteiger partial charge in [0.1, 0.15) is 0 Å². The van der Waals surface area contributed by atoms with Crippen LogP contribution in [0.1, 0.15) is 38.9 Å². The van der Waals surface area contributed by atoms with E-state index in [1.807, 2.05) is 0 Å². The summed E-state index contributed by atoms with van der Waals surface area (Å²) in [7, 11) is 0. The van der Waals surface area contributed by atoms with Crippen LogP contribution in [0.4, 0.5) is 0 Å². The van der Waals surface area contributed by atoms with Gasteiger partial charge in [-0.25, -0.2) is 0 Å². The first kappa shape index (κ1) is 20.1. The Labute approximate surface area is 195 Å². The van der Waals surface area contributed by atoms with Crippen LogP contribution >= 0.6 is 45.2 Å². The van der Waals surface area contributed by atoms with Gasteiger partial charge in [-0.05, 0) is 165 Å². The monoisotopic (exact) mass is 590 g/mol. The Morgan fingerprint density at radius 2 is 1.18 bits per heavy atom. The van der Waals surface area contributed by atoms with Gasteiger partial charge in [-0.15, -0.1) is 0 Å². The van der Waals surface area contributed by atoms with Gasteiger partial charge in [-0.2, -0.15) is 0 Å². The highest BCUT2D eigenvalue weighted by Crippen LogP contribution is 2.33. The molecule has 0 spiro atoms. The molecule has 0 amide bonds. The number of halogens is 2. The molecule has 0 aliphatic heterocycles. The van der Waals surface area contributed by atoms with Crippen LogP contribution in [0.3, 0.4) is 0 Å². The Hall–Kier alpha value is -1.14. The predicted molar refractivity (Wildman–Crippen MR) is 140 cm³/mol. The minimum atomic E-state index is 0.981. The molecule has 0 aliphatic carbocycles. The molecule has 0 heterocycles. The predicted octanol–water partition coefficient (Wildman–Crippen LogP) is 8.34. The molecule has 0 bridgehead atoms. The normalized spacial score (nSPS) is 11.5. The molecule has 4 aromatic rings. The average Bonchev–Trinajstić information content (AvgIpc) is 2.63. The van der Waals surface area contributed by atoms with E-state index in [1.165, 1.54) is 67.6 Å². The lowest BCUT2D eigenvalue weighted by Gasteiger charge is -2.17. The summed E-state index contributed by atoms with van der Waals surface area (Å²) in [6, 6.07) is 16.3. The number of fused-ring (bicyclic) bond motifs is 2. The molecule has 0 aliphatic rings. The fourth-order valence-corrected chi connectivity index (χ4v) is 5.56. The Bertz CT molecular complexity index is 1250. The number of aryl methyl sites for hydroxylation is 5. The molecular weight excluding hydrogens is 566 g/mol. The van der Waals surface area contributed by atoms with E-state index in [2.05, 4.69) is 122 Å². The number of benzene rings is 4. The number of hydrogen-bond donors (Lipinski definition) is 0. The average molecular weight is 590 g/mol. The van der Waals surface area contributed by atoms with E-state index in [9.17, 15) is 0 Å². The quantitative estimate of drug-likeness (QED) is 0.206.